The molecule has 0 radical (unpaired) electrons. The van der Waals surface area contributed by atoms with Gasteiger partial charge in [-0.25, -0.2) is 4.98 Å². The first-order valence-corrected chi connectivity index (χ1v) is 8.53. The van der Waals surface area contributed by atoms with Crippen LogP contribution in [0.5, 0.6) is 0 Å². The molecule has 22 heavy (non-hydrogen) atoms. The second-order valence-electron chi connectivity index (χ2n) is 5.73. The topological polar surface area (TPSA) is 48.5 Å². The average Bonchev–Trinajstić information content (AvgIpc) is 2.93. The summed E-state index contributed by atoms with van der Waals surface area (Å²) in [5.41, 5.74) is 2.38. The Kier molecular flexibility index (Phi) is 4.59. The summed E-state index contributed by atoms with van der Waals surface area (Å²) < 4.78 is 1.27. The van der Waals surface area contributed by atoms with Crippen molar-refractivity contribution in [3.63, 3.8) is 0 Å². The van der Waals surface area contributed by atoms with Crippen LogP contribution in [0, 0.1) is 6.92 Å². The number of hydrogen-bond donors (Lipinski definition) is 1. The number of thiazole rings is 1. The number of para-hydroxylation sites is 1. The summed E-state index contributed by atoms with van der Waals surface area (Å²) in [4.78, 5) is 20.5. The number of rotatable bonds is 4. The van der Waals surface area contributed by atoms with Crippen molar-refractivity contribution in [2.45, 2.75) is 13.8 Å². The molecule has 118 valence electrons. The number of carbonyl (C=O) groups excluding carboxylic acids is 1. The zero-order valence-corrected chi connectivity index (χ0v) is 13.9. The zero-order chi connectivity index (χ0) is 15.5. The number of anilines is 1. The van der Waals surface area contributed by atoms with E-state index in [4.69, 9.17) is 4.98 Å². The molecule has 1 N–H and O–H groups in total. The molecule has 0 bridgehead atoms. The van der Waals surface area contributed by atoms with Crippen molar-refractivity contribution in [1.82, 2.24) is 15.2 Å². The molecular weight excluding hydrogens is 296 g/mol. The van der Waals surface area contributed by atoms with E-state index in [0.29, 0.717) is 0 Å². The smallest absolute Gasteiger partial charge is 0.216 e. The Morgan fingerprint density at radius 3 is 2.77 bits per heavy atom. The molecule has 2 aromatic rings. The fourth-order valence-electron chi connectivity index (χ4n) is 2.76. The molecule has 6 heteroatoms. The maximum Gasteiger partial charge on any atom is 0.216 e. The van der Waals surface area contributed by atoms with Gasteiger partial charge in [-0.3, -0.25) is 9.69 Å². The van der Waals surface area contributed by atoms with E-state index in [2.05, 4.69) is 40.2 Å². The predicted octanol–water partition coefficient (Wildman–Crippen LogP) is 1.86. The quantitative estimate of drug-likeness (QED) is 0.935. The maximum atomic E-state index is 10.9. The second kappa shape index (κ2) is 6.62. The molecule has 2 heterocycles. The molecule has 0 spiro atoms. The lowest BCUT2D eigenvalue weighted by molar-refractivity contribution is -0.119. The maximum absolute atomic E-state index is 10.9. The summed E-state index contributed by atoms with van der Waals surface area (Å²) in [6.07, 6.45) is 0. The third kappa shape index (κ3) is 3.39. The van der Waals surface area contributed by atoms with Crippen LogP contribution in [-0.4, -0.2) is 55.1 Å². The molecule has 1 amide bonds. The van der Waals surface area contributed by atoms with Crippen LogP contribution in [0.2, 0.25) is 0 Å². The molecule has 1 aliphatic rings. The normalized spacial score (nSPS) is 16.2. The second-order valence-corrected chi connectivity index (χ2v) is 6.74. The Morgan fingerprint density at radius 1 is 1.32 bits per heavy atom. The number of fused-ring (bicyclic) bond motifs is 1. The lowest BCUT2D eigenvalue weighted by Gasteiger charge is -2.34. The average molecular weight is 318 g/mol. The van der Waals surface area contributed by atoms with Crippen LogP contribution in [0.3, 0.4) is 0 Å². The predicted molar refractivity (Wildman–Crippen MR) is 91.7 cm³/mol. The SMILES string of the molecule is CC(=O)NCCN1CCN(c2nc3c(C)cccc3s2)CC1. The van der Waals surface area contributed by atoms with Gasteiger partial charge in [0.1, 0.15) is 0 Å². The molecule has 5 nitrogen and oxygen atoms in total. The minimum atomic E-state index is 0.0449. The van der Waals surface area contributed by atoms with Crippen LogP contribution >= 0.6 is 11.3 Å². The van der Waals surface area contributed by atoms with Gasteiger partial charge in [0.05, 0.1) is 10.2 Å². The van der Waals surface area contributed by atoms with Gasteiger partial charge in [-0.15, -0.1) is 0 Å². The molecule has 1 aromatic heterocycles. The molecule has 0 saturated carbocycles. The molecular formula is C16H22N4OS. The van der Waals surface area contributed by atoms with Gasteiger partial charge < -0.3 is 10.2 Å². The van der Waals surface area contributed by atoms with E-state index in [1.54, 1.807) is 18.3 Å². The first-order chi connectivity index (χ1) is 10.6. The van der Waals surface area contributed by atoms with Gasteiger partial charge in [-0.1, -0.05) is 23.5 Å². The highest BCUT2D eigenvalue weighted by molar-refractivity contribution is 7.22. The molecule has 0 aliphatic carbocycles. The summed E-state index contributed by atoms with van der Waals surface area (Å²) in [5, 5.41) is 3.99. The number of aryl methyl sites for hydroxylation is 1. The van der Waals surface area contributed by atoms with Gasteiger partial charge in [0, 0.05) is 46.2 Å². The van der Waals surface area contributed by atoms with Crippen LogP contribution in [-0.2, 0) is 4.79 Å². The van der Waals surface area contributed by atoms with E-state index in [1.807, 2.05) is 0 Å². The Labute approximate surface area is 134 Å². The number of nitrogens with one attached hydrogen (secondary N) is 1. The standard InChI is InChI=1S/C16H22N4OS/c1-12-4-3-5-14-15(12)18-16(22-14)20-10-8-19(9-11-20)7-6-17-13(2)21/h3-5H,6-11H2,1-2H3,(H,17,21). The van der Waals surface area contributed by atoms with Crippen molar-refractivity contribution >= 4 is 32.6 Å². The Hall–Kier alpha value is -1.66. The molecule has 1 aromatic carbocycles. The van der Waals surface area contributed by atoms with Crippen molar-refractivity contribution in [3.8, 4) is 0 Å². The van der Waals surface area contributed by atoms with E-state index >= 15 is 0 Å². The molecule has 1 aliphatic heterocycles. The number of nitrogens with zero attached hydrogens (tertiary/aromatic N) is 3. The largest absolute Gasteiger partial charge is 0.355 e. The van der Waals surface area contributed by atoms with Crippen LogP contribution < -0.4 is 10.2 Å². The summed E-state index contributed by atoms with van der Waals surface area (Å²) in [6.45, 7) is 9.38. The van der Waals surface area contributed by atoms with E-state index < -0.39 is 0 Å². The minimum Gasteiger partial charge on any atom is -0.355 e. The number of carbonyl (C=O) groups is 1. The van der Waals surface area contributed by atoms with Gasteiger partial charge in [0.25, 0.3) is 0 Å². The molecule has 0 unspecified atom stereocenters. The van der Waals surface area contributed by atoms with Crippen LogP contribution in [0.15, 0.2) is 18.2 Å². The highest BCUT2D eigenvalue weighted by atomic mass is 32.1. The van der Waals surface area contributed by atoms with Gasteiger partial charge in [0.15, 0.2) is 5.13 Å². The van der Waals surface area contributed by atoms with Crippen LogP contribution in [0.25, 0.3) is 10.2 Å². The molecule has 1 fully saturated rings. The number of piperazine rings is 1. The molecule has 3 rings (SSSR count). The Bertz CT molecular complexity index is 661. The van der Waals surface area contributed by atoms with Crippen LogP contribution in [0.4, 0.5) is 5.13 Å². The van der Waals surface area contributed by atoms with Crippen molar-refractivity contribution in [2.24, 2.45) is 0 Å². The third-order valence-corrected chi connectivity index (χ3v) is 5.14. The minimum absolute atomic E-state index is 0.0449. The number of amides is 1. The third-order valence-electron chi connectivity index (χ3n) is 4.05. The summed E-state index contributed by atoms with van der Waals surface area (Å²) >= 11 is 1.78. The monoisotopic (exact) mass is 318 g/mol. The first kappa shape index (κ1) is 15.2. The zero-order valence-electron chi connectivity index (χ0n) is 13.1. The van der Waals surface area contributed by atoms with Crippen molar-refractivity contribution in [3.05, 3.63) is 23.8 Å². The number of benzene rings is 1. The Morgan fingerprint density at radius 2 is 2.09 bits per heavy atom. The van der Waals surface area contributed by atoms with E-state index in [9.17, 15) is 4.79 Å². The lowest BCUT2D eigenvalue weighted by Crippen LogP contribution is -2.48. The van der Waals surface area contributed by atoms with E-state index in [-0.39, 0.29) is 5.91 Å². The van der Waals surface area contributed by atoms with E-state index in [1.165, 1.54) is 10.3 Å². The molecule has 1 saturated heterocycles. The highest BCUT2D eigenvalue weighted by Crippen LogP contribution is 2.30. The molecule has 0 atom stereocenters. The first-order valence-electron chi connectivity index (χ1n) is 7.71. The van der Waals surface area contributed by atoms with Gasteiger partial charge in [0.2, 0.25) is 5.91 Å². The fourth-order valence-corrected chi connectivity index (χ4v) is 3.86. The fraction of sp³-hybridized carbons (Fsp3) is 0.500. The summed E-state index contributed by atoms with van der Waals surface area (Å²) in [7, 11) is 0. The van der Waals surface area contributed by atoms with Gasteiger partial charge >= 0.3 is 0 Å². The van der Waals surface area contributed by atoms with Crippen LogP contribution in [0.1, 0.15) is 12.5 Å². The van der Waals surface area contributed by atoms with Gasteiger partial charge in [-0.2, -0.15) is 0 Å². The van der Waals surface area contributed by atoms with Crippen molar-refractivity contribution < 1.29 is 4.79 Å². The number of aromatic nitrogens is 1. The van der Waals surface area contributed by atoms with Crippen molar-refractivity contribution in [1.29, 1.82) is 0 Å². The Balaban J connectivity index is 1.58. The lowest BCUT2D eigenvalue weighted by atomic mass is 10.2. The number of hydrogen-bond acceptors (Lipinski definition) is 5. The van der Waals surface area contributed by atoms with Gasteiger partial charge in [-0.05, 0) is 18.6 Å². The van der Waals surface area contributed by atoms with E-state index in [0.717, 1.165) is 49.9 Å². The van der Waals surface area contributed by atoms with Crippen molar-refractivity contribution in [2.75, 3.05) is 44.2 Å². The summed E-state index contributed by atoms with van der Waals surface area (Å²) in [6, 6.07) is 6.36. The highest BCUT2D eigenvalue weighted by Gasteiger charge is 2.19. The summed E-state index contributed by atoms with van der Waals surface area (Å²) in [5.74, 6) is 0.0449.